The maximum atomic E-state index is 14.1. The highest BCUT2D eigenvalue weighted by Crippen LogP contribution is 2.24. The fourth-order valence-electron chi connectivity index (χ4n) is 2.22. The Bertz CT molecular complexity index is 378. The van der Waals surface area contributed by atoms with Crippen molar-refractivity contribution in [3.8, 4) is 0 Å². The lowest BCUT2D eigenvalue weighted by atomic mass is 9.96. The monoisotopic (exact) mass is 275 g/mol. The van der Waals surface area contributed by atoms with Gasteiger partial charge in [-0.2, -0.15) is 0 Å². The van der Waals surface area contributed by atoms with Crippen LogP contribution >= 0.6 is 23.2 Å². The summed E-state index contributed by atoms with van der Waals surface area (Å²) in [7, 11) is 0. The number of rotatable bonds is 3. The average Bonchev–Trinajstić information content (AvgIpc) is 2.35. The third-order valence-corrected chi connectivity index (χ3v) is 3.94. The Labute approximate surface area is 111 Å². The summed E-state index contributed by atoms with van der Waals surface area (Å²) in [6.07, 6.45) is 2.72. The second-order valence-corrected chi connectivity index (χ2v) is 5.34. The van der Waals surface area contributed by atoms with E-state index in [1.54, 1.807) is 12.1 Å². The van der Waals surface area contributed by atoms with E-state index in [1.165, 1.54) is 0 Å². The van der Waals surface area contributed by atoms with Crippen LogP contribution in [0.3, 0.4) is 0 Å². The number of piperidine rings is 1. The van der Waals surface area contributed by atoms with Gasteiger partial charge in [-0.1, -0.05) is 35.7 Å². The van der Waals surface area contributed by atoms with E-state index in [0.29, 0.717) is 16.5 Å². The fourth-order valence-corrected chi connectivity index (χ4v) is 2.54. The SMILES string of the molecule is FC(Cc1ccc(Cl)c(Cl)c1)C1CCCCN1. The molecular weight excluding hydrogens is 260 g/mol. The van der Waals surface area contributed by atoms with E-state index in [-0.39, 0.29) is 6.04 Å². The topological polar surface area (TPSA) is 12.0 Å². The molecule has 2 rings (SSSR count). The van der Waals surface area contributed by atoms with Crippen LogP contribution in [0.25, 0.3) is 0 Å². The van der Waals surface area contributed by atoms with Crippen LogP contribution in [-0.2, 0) is 6.42 Å². The molecule has 2 atom stereocenters. The molecule has 94 valence electrons. The van der Waals surface area contributed by atoms with Crippen molar-refractivity contribution in [1.82, 2.24) is 5.32 Å². The first-order valence-corrected chi connectivity index (χ1v) is 6.74. The summed E-state index contributed by atoms with van der Waals surface area (Å²) in [5, 5.41) is 4.24. The van der Waals surface area contributed by atoms with Gasteiger partial charge in [-0.25, -0.2) is 4.39 Å². The van der Waals surface area contributed by atoms with Gasteiger partial charge in [0.2, 0.25) is 0 Å². The predicted molar refractivity (Wildman–Crippen MR) is 70.7 cm³/mol. The molecule has 0 amide bonds. The number of nitrogens with one attached hydrogen (secondary N) is 1. The van der Waals surface area contributed by atoms with Crippen molar-refractivity contribution in [2.75, 3.05) is 6.54 Å². The molecule has 0 saturated carbocycles. The number of hydrogen-bond acceptors (Lipinski definition) is 1. The van der Waals surface area contributed by atoms with E-state index in [4.69, 9.17) is 23.2 Å². The van der Waals surface area contributed by atoms with Crippen molar-refractivity contribution < 1.29 is 4.39 Å². The molecule has 0 bridgehead atoms. The Balaban J connectivity index is 1.96. The summed E-state index contributed by atoms with van der Waals surface area (Å²) >= 11 is 11.7. The Kier molecular flexibility index (Phi) is 4.66. The van der Waals surface area contributed by atoms with Gasteiger partial charge in [0.1, 0.15) is 6.17 Å². The summed E-state index contributed by atoms with van der Waals surface area (Å²) < 4.78 is 14.1. The molecule has 1 aliphatic rings. The van der Waals surface area contributed by atoms with Crippen LogP contribution in [-0.4, -0.2) is 18.8 Å². The van der Waals surface area contributed by atoms with Gasteiger partial charge in [-0.05, 0) is 37.1 Å². The van der Waals surface area contributed by atoms with Crippen molar-refractivity contribution >= 4 is 23.2 Å². The molecule has 4 heteroatoms. The number of benzene rings is 1. The zero-order valence-electron chi connectivity index (χ0n) is 9.56. The highest BCUT2D eigenvalue weighted by molar-refractivity contribution is 6.42. The van der Waals surface area contributed by atoms with Gasteiger partial charge in [0, 0.05) is 12.5 Å². The van der Waals surface area contributed by atoms with Crippen LogP contribution in [0.2, 0.25) is 10.0 Å². The van der Waals surface area contributed by atoms with Gasteiger partial charge in [0.05, 0.1) is 10.0 Å². The molecule has 1 N–H and O–H groups in total. The first kappa shape index (κ1) is 13.1. The van der Waals surface area contributed by atoms with Gasteiger partial charge in [-0.3, -0.25) is 0 Å². The molecule has 0 radical (unpaired) electrons. The Morgan fingerprint density at radius 2 is 2.12 bits per heavy atom. The second kappa shape index (κ2) is 6.03. The van der Waals surface area contributed by atoms with Crippen LogP contribution in [0.15, 0.2) is 18.2 Å². The molecular formula is C13H16Cl2FN. The van der Waals surface area contributed by atoms with Crippen molar-refractivity contribution in [1.29, 1.82) is 0 Å². The van der Waals surface area contributed by atoms with Gasteiger partial charge >= 0.3 is 0 Å². The molecule has 0 aromatic heterocycles. The zero-order chi connectivity index (χ0) is 12.3. The molecule has 0 aliphatic carbocycles. The quantitative estimate of drug-likeness (QED) is 0.879. The van der Waals surface area contributed by atoms with Gasteiger partial charge in [0.25, 0.3) is 0 Å². The maximum absolute atomic E-state index is 14.1. The lowest BCUT2D eigenvalue weighted by Crippen LogP contribution is -2.42. The molecule has 1 nitrogen and oxygen atoms in total. The Morgan fingerprint density at radius 3 is 2.76 bits per heavy atom. The van der Waals surface area contributed by atoms with Crippen molar-refractivity contribution in [2.24, 2.45) is 0 Å². The minimum atomic E-state index is -0.854. The van der Waals surface area contributed by atoms with E-state index in [9.17, 15) is 4.39 Å². The standard InChI is InChI=1S/C13H16Cl2FN/c14-10-5-4-9(7-11(10)15)8-12(16)13-3-1-2-6-17-13/h4-5,7,12-13,17H,1-3,6,8H2. The molecule has 1 aliphatic heterocycles. The molecule has 17 heavy (non-hydrogen) atoms. The van der Waals surface area contributed by atoms with Crippen LogP contribution in [0.4, 0.5) is 4.39 Å². The molecule has 1 fully saturated rings. The summed E-state index contributed by atoms with van der Waals surface area (Å²) in [5.74, 6) is 0. The normalized spacial score (nSPS) is 22.4. The van der Waals surface area contributed by atoms with E-state index in [0.717, 1.165) is 31.4 Å². The van der Waals surface area contributed by atoms with Gasteiger partial charge in [0.15, 0.2) is 0 Å². The lowest BCUT2D eigenvalue weighted by molar-refractivity contribution is 0.217. The molecule has 1 aromatic rings. The summed E-state index contributed by atoms with van der Waals surface area (Å²) in [6, 6.07) is 5.29. The maximum Gasteiger partial charge on any atom is 0.119 e. The van der Waals surface area contributed by atoms with Crippen LogP contribution in [0.1, 0.15) is 24.8 Å². The molecule has 0 spiro atoms. The summed E-state index contributed by atoms with van der Waals surface area (Å²) in [4.78, 5) is 0. The first-order chi connectivity index (χ1) is 8.16. The number of hydrogen-bond donors (Lipinski definition) is 1. The summed E-state index contributed by atoms with van der Waals surface area (Å²) in [5.41, 5.74) is 0.902. The van der Waals surface area contributed by atoms with E-state index in [2.05, 4.69) is 5.32 Å². The van der Waals surface area contributed by atoms with Crippen molar-refractivity contribution in [3.63, 3.8) is 0 Å². The zero-order valence-corrected chi connectivity index (χ0v) is 11.1. The third-order valence-electron chi connectivity index (χ3n) is 3.20. The van der Waals surface area contributed by atoms with Crippen LogP contribution in [0, 0.1) is 0 Å². The first-order valence-electron chi connectivity index (χ1n) is 5.98. The highest BCUT2D eigenvalue weighted by atomic mass is 35.5. The van der Waals surface area contributed by atoms with Crippen LogP contribution < -0.4 is 5.32 Å². The van der Waals surface area contributed by atoms with Crippen molar-refractivity contribution in [3.05, 3.63) is 33.8 Å². The minimum Gasteiger partial charge on any atom is -0.311 e. The van der Waals surface area contributed by atoms with E-state index in [1.807, 2.05) is 6.07 Å². The van der Waals surface area contributed by atoms with Crippen molar-refractivity contribution in [2.45, 2.75) is 37.9 Å². The summed E-state index contributed by atoms with van der Waals surface area (Å²) in [6.45, 7) is 0.923. The highest BCUT2D eigenvalue weighted by Gasteiger charge is 2.23. The van der Waals surface area contributed by atoms with E-state index >= 15 is 0 Å². The average molecular weight is 276 g/mol. The predicted octanol–water partition coefficient (Wildman–Crippen LogP) is 4.02. The lowest BCUT2D eigenvalue weighted by Gasteiger charge is -2.26. The molecule has 1 heterocycles. The second-order valence-electron chi connectivity index (χ2n) is 4.52. The largest absolute Gasteiger partial charge is 0.311 e. The molecule has 2 unspecified atom stereocenters. The molecule has 1 saturated heterocycles. The van der Waals surface area contributed by atoms with Gasteiger partial charge in [-0.15, -0.1) is 0 Å². The molecule has 1 aromatic carbocycles. The van der Waals surface area contributed by atoms with Crippen LogP contribution in [0.5, 0.6) is 0 Å². The fraction of sp³-hybridized carbons (Fsp3) is 0.538. The van der Waals surface area contributed by atoms with Gasteiger partial charge < -0.3 is 5.32 Å². The Hall–Kier alpha value is -0.310. The van der Waals surface area contributed by atoms with E-state index < -0.39 is 6.17 Å². The minimum absolute atomic E-state index is 0.0156. The smallest absolute Gasteiger partial charge is 0.119 e. The third kappa shape index (κ3) is 3.57. The number of halogens is 3. The number of alkyl halides is 1. The Morgan fingerprint density at radius 1 is 1.29 bits per heavy atom.